The quantitative estimate of drug-likeness (QED) is 0.716. The van der Waals surface area contributed by atoms with E-state index in [1.54, 1.807) is 25.4 Å². The normalized spacial score (nSPS) is 10.2. The number of anilines is 2. The van der Waals surface area contributed by atoms with Crippen LogP contribution in [0.2, 0.25) is 0 Å². The highest BCUT2D eigenvalue weighted by Crippen LogP contribution is 2.19. The van der Waals surface area contributed by atoms with E-state index in [9.17, 15) is 4.79 Å². The SMILES string of the molecule is CNC(=O)c1ccc(NCCc2ccco2)c(N)c1. The molecule has 19 heavy (non-hydrogen) atoms. The predicted octanol–water partition coefficient (Wildman–Crippen LogP) is 1.88. The van der Waals surface area contributed by atoms with E-state index in [1.807, 2.05) is 18.2 Å². The first kappa shape index (κ1) is 13.0. The largest absolute Gasteiger partial charge is 0.469 e. The van der Waals surface area contributed by atoms with Crippen molar-refractivity contribution in [2.45, 2.75) is 6.42 Å². The molecule has 0 saturated heterocycles. The lowest BCUT2D eigenvalue weighted by Gasteiger charge is -2.10. The van der Waals surface area contributed by atoms with E-state index in [2.05, 4.69) is 10.6 Å². The number of carbonyl (C=O) groups excluding carboxylic acids is 1. The summed E-state index contributed by atoms with van der Waals surface area (Å²) in [7, 11) is 1.59. The van der Waals surface area contributed by atoms with E-state index in [0.717, 1.165) is 24.4 Å². The molecule has 0 aliphatic heterocycles. The molecule has 1 amide bonds. The van der Waals surface area contributed by atoms with Gasteiger partial charge in [0.15, 0.2) is 0 Å². The highest BCUT2D eigenvalue weighted by Gasteiger charge is 2.06. The van der Waals surface area contributed by atoms with Crippen LogP contribution in [0.4, 0.5) is 11.4 Å². The molecule has 0 aliphatic rings. The molecule has 1 aromatic carbocycles. The summed E-state index contributed by atoms with van der Waals surface area (Å²) >= 11 is 0. The van der Waals surface area contributed by atoms with Crippen LogP contribution in [0.3, 0.4) is 0 Å². The molecule has 1 aromatic heterocycles. The molecule has 4 N–H and O–H groups in total. The summed E-state index contributed by atoms with van der Waals surface area (Å²) < 4.78 is 5.24. The van der Waals surface area contributed by atoms with Gasteiger partial charge in [0.25, 0.3) is 5.91 Å². The van der Waals surface area contributed by atoms with Crippen molar-refractivity contribution in [1.29, 1.82) is 0 Å². The van der Waals surface area contributed by atoms with Crippen LogP contribution < -0.4 is 16.4 Å². The Morgan fingerprint density at radius 2 is 2.21 bits per heavy atom. The van der Waals surface area contributed by atoms with Crippen molar-refractivity contribution in [1.82, 2.24) is 5.32 Å². The molecule has 2 aromatic rings. The maximum atomic E-state index is 11.4. The Kier molecular flexibility index (Phi) is 4.07. The number of furan rings is 1. The van der Waals surface area contributed by atoms with E-state index in [-0.39, 0.29) is 5.91 Å². The summed E-state index contributed by atoms with van der Waals surface area (Å²) in [6, 6.07) is 9.00. The number of hydrogen-bond donors (Lipinski definition) is 3. The summed E-state index contributed by atoms with van der Waals surface area (Å²) in [5.74, 6) is 0.780. The number of benzene rings is 1. The lowest BCUT2D eigenvalue weighted by molar-refractivity contribution is 0.0963. The minimum atomic E-state index is -0.145. The van der Waals surface area contributed by atoms with Gasteiger partial charge in [-0.15, -0.1) is 0 Å². The third-order valence-electron chi connectivity index (χ3n) is 2.81. The fourth-order valence-corrected chi connectivity index (χ4v) is 1.78. The smallest absolute Gasteiger partial charge is 0.251 e. The van der Waals surface area contributed by atoms with E-state index in [4.69, 9.17) is 10.2 Å². The van der Waals surface area contributed by atoms with Gasteiger partial charge in [-0.2, -0.15) is 0 Å². The first-order valence-electron chi connectivity index (χ1n) is 6.08. The van der Waals surface area contributed by atoms with Gasteiger partial charge in [-0.1, -0.05) is 0 Å². The number of nitrogen functional groups attached to an aromatic ring is 1. The Morgan fingerprint density at radius 3 is 2.84 bits per heavy atom. The Morgan fingerprint density at radius 1 is 1.37 bits per heavy atom. The average molecular weight is 259 g/mol. The Labute approximate surface area is 111 Å². The molecular formula is C14H17N3O2. The van der Waals surface area contributed by atoms with Gasteiger partial charge < -0.3 is 20.8 Å². The Hall–Kier alpha value is -2.43. The zero-order chi connectivity index (χ0) is 13.7. The molecule has 0 bridgehead atoms. The molecule has 0 spiro atoms. The van der Waals surface area contributed by atoms with Crippen molar-refractivity contribution in [3.8, 4) is 0 Å². The average Bonchev–Trinajstić information content (AvgIpc) is 2.93. The van der Waals surface area contributed by atoms with Gasteiger partial charge in [0.05, 0.1) is 17.6 Å². The minimum absolute atomic E-state index is 0.145. The fourth-order valence-electron chi connectivity index (χ4n) is 1.78. The van der Waals surface area contributed by atoms with Crippen molar-refractivity contribution in [2.24, 2.45) is 0 Å². The summed E-state index contributed by atoms with van der Waals surface area (Å²) in [4.78, 5) is 11.4. The van der Waals surface area contributed by atoms with Crippen molar-refractivity contribution in [3.63, 3.8) is 0 Å². The maximum Gasteiger partial charge on any atom is 0.251 e. The molecule has 0 unspecified atom stereocenters. The Bertz CT molecular complexity index is 550. The number of carbonyl (C=O) groups is 1. The molecule has 100 valence electrons. The van der Waals surface area contributed by atoms with Crippen LogP contribution in [0.5, 0.6) is 0 Å². The molecule has 0 atom stereocenters. The number of rotatable bonds is 5. The molecule has 1 heterocycles. The second-order valence-corrected chi connectivity index (χ2v) is 4.14. The first-order chi connectivity index (χ1) is 9.20. The van der Waals surface area contributed by atoms with Crippen LogP contribution in [-0.2, 0) is 6.42 Å². The van der Waals surface area contributed by atoms with Crippen LogP contribution in [0.15, 0.2) is 41.0 Å². The molecule has 0 saturated carbocycles. The molecule has 0 radical (unpaired) electrons. The highest BCUT2D eigenvalue weighted by atomic mass is 16.3. The van der Waals surface area contributed by atoms with Crippen LogP contribution in [0, 0.1) is 0 Å². The van der Waals surface area contributed by atoms with Gasteiger partial charge >= 0.3 is 0 Å². The number of nitrogens with two attached hydrogens (primary N) is 1. The van der Waals surface area contributed by atoms with Crippen molar-refractivity contribution >= 4 is 17.3 Å². The van der Waals surface area contributed by atoms with Crippen LogP contribution >= 0.6 is 0 Å². The molecule has 0 fully saturated rings. The van der Waals surface area contributed by atoms with Gasteiger partial charge in [0, 0.05) is 25.6 Å². The zero-order valence-electron chi connectivity index (χ0n) is 10.8. The third kappa shape index (κ3) is 3.28. The molecule has 0 aliphatic carbocycles. The second-order valence-electron chi connectivity index (χ2n) is 4.14. The zero-order valence-corrected chi connectivity index (χ0v) is 10.8. The van der Waals surface area contributed by atoms with Crippen molar-refractivity contribution in [3.05, 3.63) is 47.9 Å². The summed E-state index contributed by atoms with van der Waals surface area (Å²) in [6.45, 7) is 0.719. The predicted molar refractivity (Wildman–Crippen MR) is 75.1 cm³/mol. The standard InChI is InChI=1S/C14H17N3O2/c1-16-14(18)10-4-5-13(12(15)9-10)17-7-6-11-3-2-8-19-11/h2-5,8-9,17H,6-7,15H2,1H3,(H,16,18). The summed E-state index contributed by atoms with van der Waals surface area (Å²) in [6.07, 6.45) is 2.44. The number of nitrogens with one attached hydrogen (secondary N) is 2. The molecular weight excluding hydrogens is 242 g/mol. The summed E-state index contributed by atoms with van der Waals surface area (Å²) in [5, 5.41) is 5.78. The van der Waals surface area contributed by atoms with Crippen LogP contribution in [0.25, 0.3) is 0 Å². The van der Waals surface area contributed by atoms with E-state index < -0.39 is 0 Å². The number of amides is 1. The summed E-state index contributed by atoms with van der Waals surface area (Å²) in [5.41, 5.74) is 7.83. The van der Waals surface area contributed by atoms with Crippen molar-refractivity contribution in [2.75, 3.05) is 24.6 Å². The highest BCUT2D eigenvalue weighted by molar-refractivity contribution is 5.95. The van der Waals surface area contributed by atoms with Crippen LogP contribution in [0.1, 0.15) is 16.1 Å². The van der Waals surface area contributed by atoms with Gasteiger partial charge in [-0.05, 0) is 30.3 Å². The Balaban J connectivity index is 1.95. The van der Waals surface area contributed by atoms with Crippen molar-refractivity contribution < 1.29 is 9.21 Å². The molecule has 2 rings (SSSR count). The lowest BCUT2D eigenvalue weighted by atomic mass is 10.1. The first-order valence-corrected chi connectivity index (χ1v) is 6.08. The molecule has 5 nitrogen and oxygen atoms in total. The van der Waals surface area contributed by atoms with Gasteiger partial charge in [-0.3, -0.25) is 4.79 Å². The topological polar surface area (TPSA) is 80.3 Å². The van der Waals surface area contributed by atoms with Crippen LogP contribution in [-0.4, -0.2) is 19.5 Å². The maximum absolute atomic E-state index is 11.4. The van der Waals surface area contributed by atoms with Gasteiger partial charge in [-0.25, -0.2) is 0 Å². The van der Waals surface area contributed by atoms with E-state index >= 15 is 0 Å². The minimum Gasteiger partial charge on any atom is -0.469 e. The van der Waals surface area contributed by atoms with E-state index in [0.29, 0.717) is 11.3 Å². The van der Waals surface area contributed by atoms with E-state index in [1.165, 1.54) is 0 Å². The molecule has 5 heteroatoms. The monoisotopic (exact) mass is 259 g/mol. The fraction of sp³-hybridized carbons (Fsp3) is 0.214. The lowest BCUT2D eigenvalue weighted by Crippen LogP contribution is -2.18. The third-order valence-corrected chi connectivity index (χ3v) is 2.81. The van der Waals surface area contributed by atoms with Gasteiger partial charge in [0.1, 0.15) is 5.76 Å². The van der Waals surface area contributed by atoms with Gasteiger partial charge in [0.2, 0.25) is 0 Å². The second kappa shape index (κ2) is 5.95. The number of hydrogen-bond acceptors (Lipinski definition) is 4.